The first-order chi connectivity index (χ1) is 6.99. The average molecular weight is 745 g/mol. The highest BCUT2D eigenvalue weighted by molar-refractivity contribution is 9.39. The number of halogens is 8. The van der Waals surface area contributed by atoms with Gasteiger partial charge in [-0.1, -0.05) is 127 Å². The van der Waals surface area contributed by atoms with Crippen molar-refractivity contribution in [2.45, 2.75) is 39.6 Å². The molecular formula is C8H10Br8. The van der Waals surface area contributed by atoms with E-state index in [0.29, 0.717) is 9.65 Å². The normalized spacial score (nSPS) is 17.2. The lowest BCUT2D eigenvalue weighted by Crippen LogP contribution is -2.15. The molecule has 8 heteroatoms. The van der Waals surface area contributed by atoms with Crippen LogP contribution in [0.2, 0.25) is 0 Å². The first-order valence-corrected chi connectivity index (χ1v) is 11.0. The summed E-state index contributed by atoms with van der Waals surface area (Å²) in [4.78, 5) is 0.948. The van der Waals surface area contributed by atoms with Crippen LogP contribution in [-0.2, 0) is 0 Å². The molecule has 16 heavy (non-hydrogen) atoms. The van der Waals surface area contributed by atoms with Crippen LogP contribution in [0.15, 0.2) is 0 Å². The summed E-state index contributed by atoms with van der Waals surface area (Å²) in [5.74, 6) is 0. The van der Waals surface area contributed by atoms with Gasteiger partial charge in [-0.15, -0.1) is 0 Å². The summed E-state index contributed by atoms with van der Waals surface area (Å²) in [5.41, 5.74) is 0. The summed E-state index contributed by atoms with van der Waals surface area (Å²) in [7, 11) is 0. The molecule has 2 atom stereocenters. The van der Waals surface area contributed by atoms with Crippen molar-refractivity contribution < 1.29 is 0 Å². The minimum absolute atomic E-state index is 0.134. The molecular weight excluding hydrogens is 735 g/mol. The Kier molecular flexibility index (Phi) is 11.1. The van der Waals surface area contributed by atoms with Gasteiger partial charge in [-0.25, -0.2) is 0 Å². The minimum Gasteiger partial charge on any atom is -0.0890 e. The van der Waals surface area contributed by atoms with Gasteiger partial charge in [0.25, 0.3) is 0 Å². The lowest BCUT2D eigenvalue weighted by molar-refractivity contribution is 0.656. The number of alkyl halides is 8. The Labute approximate surface area is 164 Å². The van der Waals surface area contributed by atoms with Crippen LogP contribution in [0.25, 0.3) is 0 Å². The molecule has 0 aliphatic carbocycles. The molecule has 98 valence electrons. The summed E-state index contributed by atoms with van der Waals surface area (Å²) in [5, 5.41) is 0. The predicted molar refractivity (Wildman–Crippen MR) is 103 cm³/mol. The maximum atomic E-state index is 3.70. The van der Waals surface area contributed by atoms with E-state index in [1.165, 1.54) is 0 Å². The average Bonchev–Trinajstić information content (AvgIpc) is 1.95. The molecule has 0 radical (unpaired) electrons. The van der Waals surface area contributed by atoms with Gasteiger partial charge in [-0.05, 0) is 25.7 Å². The zero-order chi connectivity index (χ0) is 13.0. The molecule has 0 aromatic carbocycles. The Balaban J connectivity index is 3.83. The van der Waals surface area contributed by atoms with Crippen LogP contribution in [-0.4, -0.2) is 13.9 Å². The summed E-state index contributed by atoms with van der Waals surface area (Å²) in [6.07, 6.45) is 4.12. The van der Waals surface area contributed by atoms with Crippen molar-refractivity contribution in [3.63, 3.8) is 0 Å². The Morgan fingerprint density at radius 2 is 1.25 bits per heavy atom. The highest BCUT2D eigenvalue weighted by Gasteiger charge is 2.25. The van der Waals surface area contributed by atoms with Crippen LogP contribution in [0.3, 0.4) is 0 Å². The van der Waals surface area contributed by atoms with Crippen LogP contribution < -0.4 is 0 Å². The van der Waals surface area contributed by atoms with Gasteiger partial charge in [0.1, 0.15) is 4.29 Å². The van der Waals surface area contributed by atoms with Gasteiger partial charge in [0, 0.05) is 9.65 Å². The van der Waals surface area contributed by atoms with Crippen molar-refractivity contribution in [2.24, 2.45) is 0 Å². The molecule has 0 aliphatic rings. The number of hydrogen-bond donors (Lipinski definition) is 0. The second-order valence-electron chi connectivity index (χ2n) is 3.40. The molecule has 0 amide bonds. The fourth-order valence-corrected chi connectivity index (χ4v) is 6.33. The van der Waals surface area contributed by atoms with Crippen LogP contribution >= 0.6 is 127 Å². The van der Waals surface area contributed by atoms with E-state index in [-0.39, 0.29) is 4.29 Å². The maximum absolute atomic E-state index is 3.70. The molecule has 0 saturated carbocycles. The Hall–Kier alpha value is 3.84. The first-order valence-electron chi connectivity index (χ1n) is 4.41. The molecule has 0 spiro atoms. The largest absolute Gasteiger partial charge is 0.136 e. The van der Waals surface area contributed by atoms with Gasteiger partial charge in [-0.2, -0.15) is 0 Å². The third-order valence-electron chi connectivity index (χ3n) is 1.71. The monoisotopic (exact) mass is 737 g/mol. The van der Waals surface area contributed by atoms with Gasteiger partial charge in [0.2, 0.25) is 0 Å². The highest BCUT2D eigenvalue weighted by atomic mass is 80.0. The molecule has 2 unspecified atom stereocenters. The number of rotatable bonds is 5. The van der Waals surface area contributed by atoms with Crippen molar-refractivity contribution in [2.75, 3.05) is 0 Å². The van der Waals surface area contributed by atoms with Crippen molar-refractivity contribution in [3.05, 3.63) is 0 Å². The third kappa shape index (κ3) is 14.3. The zero-order valence-electron chi connectivity index (χ0n) is 8.01. The third-order valence-corrected chi connectivity index (χ3v) is 5.40. The summed E-state index contributed by atoms with van der Waals surface area (Å²) < 4.78 is -0.303. The van der Waals surface area contributed by atoms with Crippen molar-refractivity contribution in [1.82, 2.24) is 0 Å². The molecule has 0 aromatic heterocycles. The molecule has 0 heterocycles. The van der Waals surface area contributed by atoms with E-state index in [1.54, 1.807) is 0 Å². The second-order valence-corrected chi connectivity index (χ2v) is 20.5. The van der Waals surface area contributed by atoms with Crippen molar-refractivity contribution >= 4 is 127 Å². The van der Waals surface area contributed by atoms with Gasteiger partial charge < -0.3 is 0 Å². The van der Waals surface area contributed by atoms with E-state index in [4.69, 9.17) is 0 Å². The van der Waals surface area contributed by atoms with Gasteiger partial charge in [0.05, 0.1) is 0 Å². The van der Waals surface area contributed by atoms with Crippen molar-refractivity contribution in [3.8, 4) is 0 Å². The molecule has 0 bridgehead atoms. The van der Waals surface area contributed by atoms with E-state index in [1.807, 2.05) is 0 Å². The number of hydrogen-bond acceptors (Lipinski definition) is 0. The summed E-state index contributed by atoms with van der Waals surface area (Å²) in [6, 6.07) is 0. The molecule has 0 nitrogen and oxygen atoms in total. The van der Waals surface area contributed by atoms with Crippen molar-refractivity contribution in [1.29, 1.82) is 0 Å². The Bertz CT molecular complexity index is 193. The zero-order valence-corrected chi connectivity index (χ0v) is 20.7. The summed E-state index contributed by atoms with van der Waals surface area (Å²) >= 11 is 28.4. The van der Waals surface area contributed by atoms with Crippen LogP contribution in [0.4, 0.5) is 0 Å². The molecule has 0 N–H and O–H groups in total. The topological polar surface area (TPSA) is 0 Å². The Morgan fingerprint density at radius 3 is 1.62 bits per heavy atom. The molecule has 0 aromatic rings. The quantitative estimate of drug-likeness (QED) is 0.253. The fraction of sp³-hybridized carbons (Fsp3) is 1.00. The van der Waals surface area contributed by atoms with Gasteiger partial charge in [-0.3, -0.25) is 0 Å². The van der Waals surface area contributed by atoms with E-state index in [0.717, 1.165) is 25.7 Å². The lowest BCUT2D eigenvalue weighted by Gasteiger charge is -2.20. The van der Waals surface area contributed by atoms with E-state index in [9.17, 15) is 0 Å². The predicted octanol–water partition coefficient (Wildman–Crippen LogP) is 7.75. The van der Waals surface area contributed by atoms with E-state index < -0.39 is 0 Å². The SMILES string of the molecule is BrC(CCC(Br)(Br)Br)CC(Br)CC(Br)(Br)Br. The van der Waals surface area contributed by atoms with E-state index in [2.05, 4.69) is 127 Å². The molecule has 0 aliphatic heterocycles. The standard InChI is InChI=1S/C8H10Br8/c9-5(1-2-7(11,12)13)3-6(10)4-8(14,15)16/h5-6H,1-4H2. The smallest absolute Gasteiger partial charge is 0.0890 e. The minimum atomic E-state index is -0.169. The summed E-state index contributed by atoms with van der Waals surface area (Å²) in [6.45, 7) is 0. The maximum Gasteiger partial charge on any atom is 0.136 e. The fourth-order valence-electron chi connectivity index (χ4n) is 1.05. The molecule has 0 rings (SSSR count). The highest BCUT2D eigenvalue weighted by Crippen LogP contribution is 2.42. The first kappa shape index (κ1) is 19.8. The van der Waals surface area contributed by atoms with Crippen LogP contribution in [0.1, 0.15) is 25.7 Å². The second kappa shape index (κ2) is 8.98. The van der Waals surface area contributed by atoms with Crippen LogP contribution in [0, 0.1) is 0 Å². The van der Waals surface area contributed by atoms with Gasteiger partial charge >= 0.3 is 0 Å². The van der Waals surface area contributed by atoms with E-state index >= 15 is 0 Å². The molecule has 0 fully saturated rings. The lowest BCUT2D eigenvalue weighted by atomic mass is 10.1. The molecule has 0 saturated heterocycles. The van der Waals surface area contributed by atoms with Gasteiger partial charge in [0.15, 0.2) is 0 Å². The van der Waals surface area contributed by atoms with Crippen LogP contribution in [0.5, 0.6) is 0 Å². The Morgan fingerprint density at radius 1 is 0.750 bits per heavy atom.